The highest BCUT2D eigenvalue weighted by atomic mass is 32.1. The van der Waals surface area contributed by atoms with Crippen molar-refractivity contribution < 1.29 is 14.7 Å². The Bertz CT molecular complexity index is 284. The van der Waals surface area contributed by atoms with Crippen molar-refractivity contribution >= 4 is 24.5 Å². The zero-order chi connectivity index (χ0) is 13.8. The van der Waals surface area contributed by atoms with Crippen LogP contribution in [0.5, 0.6) is 0 Å². The molecule has 0 rings (SSSR count). The maximum absolute atomic E-state index is 11.7. The van der Waals surface area contributed by atoms with E-state index in [-0.39, 0.29) is 29.0 Å². The molecule has 5 heteroatoms. The van der Waals surface area contributed by atoms with Crippen molar-refractivity contribution in [2.75, 3.05) is 0 Å². The average Bonchev–Trinajstić information content (AvgIpc) is 2.09. The van der Waals surface area contributed by atoms with Gasteiger partial charge in [-0.15, -0.1) is 0 Å². The molecule has 0 aliphatic rings. The summed E-state index contributed by atoms with van der Waals surface area (Å²) in [6.45, 7) is 9.24. The summed E-state index contributed by atoms with van der Waals surface area (Å²) < 4.78 is 0. The van der Waals surface area contributed by atoms with E-state index in [0.717, 1.165) is 0 Å². The molecular weight excluding hydrogens is 238 g/mol. The minimum Gasteiger partial charge on any atom is -0.481 e. The van der Waals surface area contributed by atoms with Crippen LogP contribution < -0.4 is 5.32 Å². The number of thiol groups is 1. The van der Waals surface area contributed by atoms with E-state index >= 15 is 0 Å². The topological polar surface area (TPSA) is 66.4 Å². The molecule has 3 atom stereocenters. The molecule has 0 aliphatic heterocycles. The Morgan fingerprint density at radius 1 is 1.29 bits per heavy atom. The highest BCUT2D eigenvalue weighted by Crippen LogP contribution is 2.23. The second-order valence-corrected chi connectivity index (χ2v) is 6.36. The van der Waals surface area contributed by atoms with Gasteiger partial charge in [-0.2, -0.15) is 12.6 Å². The Balaban J connectivity index is 4.57. The van der Waals surface area contributed by atoms with Crippen molar-refractivity contribution in [1.29, 1.82) is 0 Å². The van der Waals surface area contributed by atoms with Crippen LogP contribution in [0.15, 0.2) is 0 Å². The van der Waals surface area contributed by atoms with Crippen molar-refractivity contribution in [3.8, 4) is 0 Å². The van der Waals surface area contributed by atoms with E-state index in [1.54, 1.807) is 6.92 Å². The van der Waals surface area contributed by atoms with Crippen LogP contribution in [-0.4, -0.2) is 27.8 Å². The van der Waals surface area contributed by atoms with Gasteiger partial charge >= 0.3 is 5.97 Å². The van der Waals surface area contributed by atoms with Gasteiger partial charge in [-0.05, 0) is 26.7 Å². The highest BCUT2D eigenvalue weighted by molar-refractivity contribution is 7.80. The normalized spacial score (nSPS) is 17.1. The van der Waals surface area contributed by atoms with Gasteiger partial charge in [0.1, 0.15) is 0 Å². The quantitative estimate of drug-likeness (QED) is 0.663. The summed E-state index contributed by atoms with van der Waals surface area (Å²) in [6.07, 6.45) is -0.00132. The first-order chi connectivity index (χ1) is 7.54. The minimum absolute atomic E-state index is 0.00132. The van der Waals surface area contributed by atoms with Gasteiger partial charge in [0, 0.05) is 17.2 Å². The number of carbonyl (C=O) groups excluding carboxylic acids is 1. The number of nitrogens with one attached hydrogen (secondary N) is 1. The molecule has 0 fully saturated rings. The van der Waals surface area contributed by atoms with Crippen LogP contribution in [0.2, 0.25) is 0 Å². The fourth-order valence-corrected chi connectivity index (χ4v) is 1.71. The Hall–Kier alpha value is -0.710. The molecule has 4 nitrogen and oxygen atoms in total. The molecule has 0 aromatic carbocycles. The summed E-state index contributed by atoms with van der Waals surface area (Å²) in [5.41, 5.74) is -0.337. The number of hydrogen-bond acceptors (Lipinski definition) is 3. The van der Waals surface area contributed by atoms with Gasteiger partial charge in [-0.1, -0.05) is 13.8 Å². The summed E-state index contributed by atoms with van der Waals surface area (Å²) in [7, 11) is 0. The van der Waals surface area contributed by atoms with Crippen LogP contribution in [0.25, 0.3) is 0 Å². The molecule has 0 saturated carbocycles. The number of hydrogen-bond donors (Lipinski definition) is 3. The minimum atomic E-state index is -0.942. The van der Waals surface area contributed by atoms with Gasteiger partial charge in [-0.25, -0.2) is 0 Å². The first-order valence-corrected chi connectivity index (χ1v) is 6.28. The molecule has 0 aromatic heterocycles. The van der Waals surface area contributed by atoms with Gasteiger partial charge in [0.05, 0.1) is 5.92 Å². The predicted octanol–water partition coefficient (Wildman–Crippen LogP) is 1.95. The lowest BCUT2D eigenvalue weighted by Crippen LogP contribution is -2.43. The van der Waals surface area contributed by atoms with Gasteiger partial charge in [0.2, 0.25) is 5.91 Å². The van der Waals surface area contributed by atoms with Gasteiger partial charge in [0.25, 0.3) is 0 Å². The molecule has 1 amide bonds. The van der Waals surface area contributed by atoms with Gasteiger partial charge in [-0.3, -0.25) is 9.59 Å². The second kappa shape index (κ2) is 6.28. The standard InChI is InChI=1S/C12H23NO3S/c1-7(8(2)17)9(11(15)16)6-10(14)13-12(3,4)5/h7-9,17H,6H2,1-5H3,(H,13,14)(H,15,16)/t7?,8-,9?/m0/s1. The van der Waals surface area contributed by atoms with Crippen LogP contribution in [-0.2, 0) is 9.59 Å². The number of carboxylic acid groups (broad SMARTS) is 1. The summed E-state index contributed by atoms with van der Waals surface area (Å²) in [4.78, 5) is 22.8. The third-order valence-corrected chi connectivity index (χ3v) is 3.10. The monoisotopic (exact) mass is 261 g/mol. The zero-order valence-corrected chi connectivity index (χ0v) is 12.0. The summed E-state index contributed by atoms with van der Waals surface area (Å²) in [5, 5.41) is 11.8. The number of aliphatic carboxylic acids is 1. The molecule has 2 unspecified atom stereocenters. The van der Waals surface area contributed by atoms with Gasteiger partial charge in [0.15, 0.2) is 0 Å². The Morgan fingerprint density at radius 2 is 1.76 bits per heavy atom. The first-order valence-electron chi connectivity index (χ1n) is 5.76. The molecule has 17 heavy (non-hydrogen) atoms. The average molecular weight is 261 g/mol. The van der Waals surface area contributed by atoms with Crippen LogP contribution >= 0.6 is 12.6 Å². The van der Waals surface area contributed by atoms with Crippen molar-refractivity contribution in [3.63, 3.8) is 0 Å². The molecular formula is C12H23NO3S. The van der Waals surface area contributed by atoms with E-state index in [1.165, 1.54) is 0 Å². The molecule has 0 spiro atoms. The Morgan fingerprint density at radius 3 is 2.06 bits per heavy atom. The number of rotatable bonds is 5. The smallest absolute Gasteiger partial charge is 0.307 e. The summed E-state index contributed by atoms with van der Waals surface area (Å²) in [5.74, 6) is -2.01. The zero-order valence-electron chi connectivity index (χ0n) is 11.2. The number of carbonyl (C=O) groups is 2. The van der Waals surface area contributed by atoms with Crippen molar-refractivity contribution in [3.05, 3.63) is 0 Å². The van der Waals surface area contributed by atoms with Crippen molar-refractivity contribution in [1.82, 2.24) is 5.32 Å². The van der Waals surface area contributed by atoms with Crippen molar-refractivity contribution in [2.24, 2.45) is 11.8 Å². The summed E-state index contributed by atoms with van der Waals surface area (Å²) in [6, 6.07) is 0. The van der Waals surface area contributed by atoms with Crippen molar-refractivity contribution in [2.45, 2.75) is 51.8 Å². The maximum Gasteiger partial charge on any atom is 0.307 e. The molecule has 2 N–H and O–H groups in total. The molecule has 100 valence electrons. The van der Waals surface area contributed by atoms with Crippen LogP contribution in [0, 0.1) is 11.8 Å². The fourth-order valence-electron chi connectivity index (χ4n) is 1.50. The molecule has 0 heterocycles. The van der Waals surface area contributed by atoms with E-state index in [2.05, 4.69) is 17.9 Å². The molecule has 0 bridgehead atoms. The lowest BCUT2D eigenvalue weighted by molar-refractivity contribution is -0.146. The van der Waals surface area contributed by atoms with E-state index in [9.17, 15) is 9.59 Å². The van der Waals surface area contributed by atoms with E-state index in [0.29, 0.717) is 0 Å². The fraction of sp³-hybridized carbons (Fsp3) is 0.833. The molecule has 0 saturated heterocycles. The lowest BCUT2D eigenvalue weighted by atomic mass is 9.88. The third kappa shape index (κ3) is 6.56. The van der Waals surface area contributed by atoms with Crippen LogP contribution in [0.3, 0.4) is 0 Å². The van der Waals surface area contributed by atoms with E-state index in [1.807, 2.05) is 27.7 Å². The highest BCUT2D eigenvalue weighted by Gasteiger charge is 2.30. The van der Waals surface area contributed by atoms with E-state index < -0.39 is 11.9 Å². The lowest BCUT2D eigenvalue weighted by Gasteiger charge is -2.25. The largest absolute Gasteiger partial charge is 0.481 e. The molecule has 0 radical (unpaired) electrons. The first kappa shape index (κ1) is 16.3. The number of amides is 1. The van der Waals surface area contributed by atoms with E-state index in [4.69, 9.17) is 5.11 Å². The third-order valence-electron chi connectivity index (χ3n) is 2.63. The summed E-state index contributed by atoms with van der Waals surface area (Å²) >= 11 is 4.24. The van der Waals surface area contributed by atoms with Gasteiger partial charge < -0.3 is 10.4 Å². The predicted molar refractivity (Wildman–Crippen MR) is 71.3 cm³/mol. The Labute approximate surface area is 109 Å². The SMILES string of the molecule is CC(C(CC(=O)NC(C)(C)C)C(=O)O)[C@H](C)S. The second-order valence-electron chi connectivity index (χ2n) is 5.55. The van der Waals surface area contributed by atoms with Crippen LogP contribution in [0.4, 0.5) is 0 Å². The van der Waals surface area contributed by atoms with Crippen LogP contribution in [0.1, 0.15) is 41.0 Å². The Kier molecular flexibility index (Phi) is 6.02. The molecule has 0 aliphatic carbocycles. The molecule has 0 aromatic rings. The number of carboxylic acids is 1. The maximum atomic E-state index is 11.7.